The van der Waals surface area contributed by atoms with Crippen LogP contribution in [0.3, 0.4) is 0 Å². The fourth-order valence-corrected chi connectivity index (χ4v) is 4.49. The van der Waals surface area contributed by atoms with Crippen molar-refractivity contribution in [2.24, 2.45) is 0 Å². The molecular weight excluding hydrogens is 426 g/mol. The molecule has 170 valence electrons. The number of fused-ring (bicyclic) bond motifs is 3. The van der Waals surface area contributed by atoms with E-state index < -0.39 is 30.2 Å². The van der Waals surface area contributed by atoms with Crippen LogP contribution in [-0.4, -0.2) is 51.3 Å². The molecule has 2 aromatic carbocycles. The molecule has 3 aromatic rings. The van der Waals surface area contributed by atoms with Crippen LogP contribution in [0, 0.1) is 0 Å². The van der Waals surface area contributed by atoms with E-state index in [-0.39, 0.29) is 31.4 Å². The van der Waals surface area contributed by atoms with E-state index in [0.29, 0.717) is 0 Å². The Hall–Kier alpha value is -3.53. The van der Waals surface area contributed by atoms with E-state index >= 15 is 0 Å². The number of aromatic nitrogens is 2. The fraction of sp³-hybridized carbons (Fsp3) is 0.292. The predicted octanol–water partition coefficient (Wildman–Crippen LogP) is 2.25. The van der Waals surface area contributed by atoms with Gasteiger partial charge in [-0.2, -0.15) is 4.98 Å². The van der Waals surface area contributed by atoms with Gasteiger partial charge in [0.05, 0.1) is 12.7 Å². The van der Waals surface area contributed by atoms with Gasteiger partial charge in [-0.3, -0.25) is 9.88 Å². The van der Waals surface area contributed by atoms with Crippen LogP contribution in [0.2, 0.25) is 0 Å². The first kappa shape index (κ1) is 21.3. The van der Waals surface area contributed by atoms with Crippen LogP contribution in [0.15, 0.2) is 65.6 Å². The van der Waals surface area contributed by atoms with E-state index in [0.717, 1.165) is 22.3 Å². The lowest BCUT2D eigenvalue weighted by Crippen LogP contribution is -2.29. The highest BCUT2D eigenvalue weighted by atomic mass is 16.6. The van der Waals surface area contributed by atoms with Crippen LogP contribution in [0.5, 0.6) is 0 Å². The topological polar surface area (TPSA) is 123 Å². The number of carbonyl (C=O) groups is 1. The van der Waals surface area contributed by atoms with Crippen molar-refractivity contribution in [3.63, 3.8) is 0 Å². The van der Waals surface area contributed by atoms with Gasteiger partial charge in [0, 0.05) is 18.5 Å². The molecule has 3 N–H and O–H groups in total. The van der Waals surface area contributed by atoms with Crippen LogP contribution in [0.1, 0.15) is 29.7 Å². The molecule has 1 saturated heterocycles. The van der Waals surface area contributed by atoms with Crippen molar-refractivity contribution in [3.05, 3.63) is 82.4 Å². The highest BCUT2D eigenvalue weighted by Crippen LogP contribution is 2.44. The summed E-state index contributed by atoms with van der Waals surface area (Å²) in [6, 6.07) is 17.5. The molecule has 1 unspecified atom stereocenters. The lowest BCUT2D eigenvalue weighted by Gasteiger charge is -2.15. The molecule has 5 rings (SSSR count). The lowest BCUT2D eigenvalue weighted by atomic mass is 9.98. The Bertz CT molecular complexity index is 1200. The van der Waals surface area contributed by atoms with Crippen molar-refractivity contribution in [2.45, 2.75) is 30.8 Å². The second kappa shape index (κ2) is 8.78. The molecule has 2 heterocycles. The zero-order valence-electron chi connectivity index (χ0n) is 17.6. The fourth-order valence-electron chi connectivity index (χ4n) is 4.49. The number of nitrogens with one attached hydrogen (secondary N) is 1. The molecule has 3 atom stereocenters. The van der Waals surface area contributed by atoms with Crippen LogP contribution in [0.4, 0.5) is 10.6 Å². The van der Waals surface area contributed by atoms with Crippen molar-refractivity contribution in [2.75, 3.05) is 18.5 Å². The van der Waals surface area contributed by atoms with Crippen molar-refractivity contribution in [1.82, 2.24) is 9.55 Å². The Morgan fingerprint density at radius 1 is 1.12 bits per heavy atom. The summed E-state index contributed by atoms with van der Waals surface area (Å²) in [4.78, 5) is 28.6. The number of carbonyl (C=O) groups excluding carboxylic acids is 1. The second-order valence-corrected chi connectivity index (χ2v) is 8.07. The number of hydrogen-bond donors (Lipinski definition) is 3. The Morgan fingerprint density at radius 3 is 2.39 bits per heavy atom. The summed E-state index contributed by atoms with van der Waals surface area (Å²) in [5, 5.41) is 21.5. The van der Waals surface area contributed by atoms with Crippen molar-refractivity contribution < 1.29 is 24.5 Å². The third-order valence-electron chi connectivity index (χ3n) is 6.10. The van der Waals surface area contributed by atoms with Gasteiger partial charge in [-0.25, -0.2) is 9.59 Å². The first-order valence-corrected chi connectivity index (χ1v) is 10.7. The molecule has 9 nitrogen and oxygen atoms in total. The lowest BCUT2D eigenvalue weighted by molar-refractivity contribution is -0.0458. The summed E-state index contributed by atoms with van der Waals surface area (Å²) >= 11 is 0. The molecule has 1 aromatic heterocycles. The standard InChI is InChI=1S/C24H23N3O6/c28-12-20-19(29)11-22(33-20)27-10-9-21(25-23(27)30)26-24(31)32-13-18-16-7-3-1-5-14(16)15-6-2-4-8-17(15)18/h1-10,18-20,22,28-29H,11-13H2,(H,25,26,30,31)/t19?,20-,22-/m1/s1. The number of ether oxygens (including phenoxy) is 2. The summed E-state index contributed by atoms with van der Waals surface area (Å²) in [7, 11) is 0. The first-order chi connectivity index (χ1) is 16.0. The molecular formula is C24H23N3O6. The van der Waals surface area contributed by atoms with Gasteiger partial charge >= 0.3 is 11.8 Å². The minimum absolute atomic E-state index is 0.0470. The van der Waals surface area contributed by atoms with Gasteiger partial charge < -0.3 is 19.7 Å². The largest absolute Gasteiger partial charge is 0.448 e. The molecule has 1 fully saturated rings. The molecule has 1 aliphatic heterocycles. The zero-order valence-corrected chi connectivity index (χ0v) is 17.6. The van der Waals surface area contributed by atoms with E-state index in [4.69, 9.17) is 9.47 Å². The number of anilines is 1. The Labute approximate surface area is 189 Å². The van der Waals surface area contributed by atoms with Gasteiger partial charge in [-0.05, 0) is 28.3 Å². The van der Waals surface area contributed by atoms with E-state index in [1.165, 1.54) is 16.8 Å². The number of aliphatic hydroxyl groups excluding tert-OH is 2. The minimum atomic E-state index is -0.870. The maximum Gasteiger partial charge on any atom is 0.412 e. The quantitative estimate of drug-likeness (QED) is 0.546. The van der Waals surface area contributed by atoms with Crippen LogP contribution in [-0.2, 0) is 9.47 Å². The SMILES string of the molecule is O=C(Nc1ccn([C@H]2CC(O)[C@@H](CO)O2)c(=O)n1)OCC1c2ccccc2-c2ccccc21. The van der Waals surface area contributed by atoms with Gasteiger partial charge in [0.25, 0.3) is 0 Å². The molecule has 0 saturated carbocycles. The highest BCUT2D eigenvalue weighted by Gasteiger charge is 2.35. The van der Waals surface area contributed by atoms with Gasteiger partial charge in [0.15, 0.2) is 0 Å². The molecule has 33 heavy (non-hydrogen) atoms. The number of benzene rings is 2. The van der Waals surface area contributed by atoms with Gasteiger partial charge in [0.1, 0.15) is 24.8 Å². The summed E-state index contributed by atoms with van der Waals surface area (Å²) in [5.41, 5.74) is 3.83. The molecule has 1 amide bonds. The number of rotatable bonds is 5. The van der Waals surface area contributed by atoms with Crippen molar-refractivity contribution in [1.29, 1.82) is 0 Å². The predicted molar refractivity (Wildman–Crippen MR) is 119 cm³/mol. The second-order valence-electron chi connectivity index (χ2n) is 8.07. The smallest absolute Gasteiger partial charge is 0.412 e. The van der Waals surface area contributed by atoms with Crippen LogP contribution >= 0.6 is 0 Å². The first-order valence-electron chi connectivity index (χ1n) is 10.7. The average molecular weight is 449 g/mol. The number of nitrogens with zero attached hydrogens (tertiary/aromatic N) is 2. The van der Waals surface area contributed by atoms with E-state index in [9.17, 15) is 19.8 Å². The third kappa shape index (κ3) is 4.02. The average Bonchev–Trinajstić information content (AvgIpc) is 3.35. The van der Waals surface area contributed by atoms with Crippen molar-refractivity contribution in [3.8, 4) is 11.1 Å². The van der Waals surface area contributed by atoms with E-state index in [1.807, 2.05) is 36.4 Å². The van der Waals surface area contributed by atoms with E-state index in [2.05, 4.69) is 22.4 Å². The number of aliphatic hydroxyl groups is 2. The number of amides is 1. The zero-order chi connectivity index (χ0) is 22.9. The highest BCUT2D eigenvalue weighted by molar-refractivity contribution is 5.83. The molecule has 0 radical (unpaired) electrons. The monoisotopic (exact) mass is 449 g/mol. The normalized spacial score (nSPS) is 21.5. The minimum Gasteiger partial charge on any atom is -0.448 e. The van der Waals surface area contributed by atoms with Crippen molar-refractivity contribution >= 4 is 11.9 Å². The summed E-state index contributed by atoms with van der Waals surface area (Å²) in [6.45, 7) is -0.200. The molecule has 0 spiro atoms. The third-order valence-corrected chi connectivity index (χ3v) is 6.10. The van der Waals surface area contributed by atoms with E-state index in [1.54, 1.807) is 0 Å². The Balaban J connectivity index is 1.24. The van der Waals surface area contributed by atoms with Crippen LogP contribution in [0.25, 0.3) is 11.1 Å². The molecule has 1 aliphatic carbocycles. The Morgan fingerprint density at radius 2 is 1.79 bits per heavy atom. The molecule has 0 bridgehead atoms. The maximum absolute atomic E-state index is 12.4. The van der Waals surface area contributed by atoms with Gasteiger partial charge in [-0.1, -0.05) is 48.5 Å². The maximum atomic E-state index is 12.4. The molecule has 9 heteroatoms. The summed E-state index contributed by atoms with van der Waals surface area (Å²) in [5.74, 6) is -0.0275. The number of hydrogen-bond acceptors (Lipinski definition) is 7. The molecule has 2 aliphatic rings. The Kier molecular flexibility index (Phi) is 5.67. The van der Waals surface area contributed by atoms with Crippen LogP contribution < -0.4 is 11.0 Å². The summed E-state index contributed by atoms with van der Waals surface area (Å²) in [6.07, 6.45) is -1.49. The summed E-state index contributed by atoms with van der Waals surface area (Å²) < 4.78 is 12.2. The van der Waals surface area contributed by atoms with Gasteiger partial charge in [0.2, 0.25) is 0 Å². The van der Waals surface area contributed by atoms with Gasteiger partial charge in [-0.15, -0.1) is 0 Å².